The summed E-state index contributed by atoms with van der Waals surface area (Å²) >= 11 is 0. The van der Waals surface area contributed by atoms with Gasteiger partial charge in [0.1, 0.15) is 0 Å². The van der Waals surface area contributed by atoms with Crippen LogP contribution >= 0.6 is 12.4 Å². The molecule has 1 N–H and O–H groups in total. The van der Waals surface area contributed by atoms with Crippen molar-refractivity contribution in [1.82, 2.24) is 5.32 Å². The topological polar surface area (TPSA) is 12.0 Å². The van der Waals surface area contributed by atoms with Gasteiger partial charge in [-0.05, 0) is 11.8 Å². The summed E-state index contributed by atoms with van der Waals surface area (Å²) in [7, 11) is 0. The maximum atomic E-state index is 3.56. The van der Waals surface area contributed by atoms with Crippen molar-refractivity contribution in [2.24, 2.45) is 0 Å². The summed E-state index contributed by atoms with van der Waals surface area (Å²) < 4.78 is 0. The van der Waals surface area contributed by atoms with Crippen LogP contribution < -0.4 is 5.32 Å². The van der Waals surface area contributed by atoms with E-state index in [1.807, 2.05) is 18.2 Å². The molecule has 1 rings (SSSR count). The Hall–Kier alpha value is -0.950. The molecule has 0 spiro atoms. The lowest BCUT2D eigenvalue weighted by Gasteiger charge is -1.98. The third kappa shape index (κ3) is 3.68. The SMILES string of the molecule is C=CNCc1ccccc1.Cl. The Morgan fingerprint density at radius 3 is 2.45 bits per heavy atom. The van der Waals surface area contributed by atoms with E-state index >= 15 is 0 Å². The molecule has 0 atom stereocenters. The molecular weight excluding hydrogens is 158 g/mol. The quantitative estimate of drug-likeness (QED) is 0.733. The first kappa shape index (κ1) is 10.0. The molecule has 0 amide bonds. The van der Waals surface area contributed by atoms with Crippen molar-refractivity contribution in [1.29, 1.82) is 0 Å². The van der Waals surface area contributed by atoms with Crippen LogP contribution in [-0.2, 0) is 6.54 Å². The second-order valence-corrected chi connectivity index (χ2v) is 2.07. The second-order valence-electron chi connectivity index (χ2n) is 2.07. The number of rotatable bonds is 3. The van der Waals surface area contributed by atoms with Gasteiger partial charge in [0.05, 0.1) is 0 Å². The van der Waals surface area contributed by atoms with Gasteiger partial charge >= 0.3 is 0 Å². The summed E-state index contributed by atoms with van der Waals surface area (Å²) in [5.41, 5.74) is 1.28. The summed E-state index contributed by atoms with van der Waals surface area (Å²) in [6.07, 6.45) is 1.70. The predicted octanol–water partition coefficient (Wildman–Crippen LogP) is 2.34. The highest BCUT2D eigenvalue weighted by molar-refractivity contribution is 5.85. The molecule has 0 saturated carbocycles. The monoisotopic (exact) mass is 169 g/mol. The van der Waals surface area contributed by atoms with Crippen molar-refractivity contribution in [2.75, 3.05) is 0 Å². The Kier molecular flexibility index (Phi) is 5.30. The molecule has 0 aliphatic rings. The third-order valence-corrected chi connectivity index (χ3v) is 1.29. The normalized spacial score (nSPS) is 8.00. The van der Waals surface area contributed by atoms with Gasteiger partial charge in [-0.15, -0.1) is 12.4 Å². The summed E-state index contributed by atoms with van der Waals surface area (Å²) in [5, 5.41) is 3.03. The minimum absolute atomic E-state index is 0. The molecule has 0 aliphatic carbocycles. The molecule has 0 saturated heterocycles. The molecule has 1 aromatic carbocycles. The largest absolute Gasteiger partial charge is 0.387 e. The highest BCUT2D eigenvalue weighted by atomic mass is 35.5. The van der Waals surface area contributed by atoms with Crippen LogP contribution in [0.5, 0.6) is 0 Å². The minimum Gasteiger partial charge on any atom is -0.387 e. The van der Waals surface area contributed by atoms with Gasteiger partial charge in [-0.2, -0.15) is 0 Å². The van der Waals surface area contributed by atoms with Gasteiger partial charge in [0.2, 0.25) is 0 Å². The van der Waals surface area contributed by atoms with Gasteiger partial charge in [-0.1, -0.05) is 36.9 Å². The van der Waals surface area contributed by atoms with Crippen LogP contribution in [0.25, 0.3) is 0 Å². The highest BCUT2D eigenvalue weighted by Crippen LogP contribution is 1.96. The molecule has 0 aromatic heterocycles. The van der Waals surface area contributed by atoms with Crippen LogP contribution in [0.2, 0.25) is 0 Å². The van der Waals surface area contributed by atoms with Crippen LogP contribution in [0.15, 0.2) is 43.1 Å². The zero-order valence-electron chi connectivity index (χ0n) is 6.29. The van der Waals surface area contributed by atoms with Gasteiger partial charge in [0, 0.05) is 6.54 Å². The number of hydrogen-bond acceptors (Lipinski definition) is 1. The van der Waals surface area contributed by atoms with E-state index in [4.69, 9.17) is 0 Å². The highest BCUT2D eigenvalue weighted by Gasteiger charge is 1.84. The molecule has 1 nitrogen and oxygen atoms in total. The molecule has 0 bridgehead atoms. The minimum atomic E-state index is 0. The average Bonchev–Trinajstić information content (AvgIpc) is 2.03. The molecule has 60 valence electrons. The van der Waals surface area contributed by atoms with E-state index in [1.54, 1.807) is 6.20 Å². The first-order chi connectivity index (χ1) is 4.93. The summed E-state index contributed by atoms with van der Waals surface area (Å²) in [4.78, 5) is 0. The van der Waals surface area contributed by atoms with E-state index in [2.05, 4.69) is 24.0 Å². The Balaban J connectivity index is 0.000001000. The lowest BCUT2D eigenvalue weighted by Crippen LogP contribution is -2.02. The van der Waals surface area contributed by atoms with Gasteiger partial charge < -0.3 is 5.32 Å². The summed E-state index contributed by atoms with van der Waals surface area (Å²) in [6, 6.07) is 10.2. The van der Waals surface area contributed by atoms with Crippen molar-refractivity contribution >= 4 is 12.4 Å². The van der Waals surface area contributed by atoms with Crippen LogP contribution in [0.4, 0.5) is 0 Å². The van der Waals surface area contributed by atoms with E-state index in [-0.39, 0.29) is 12.4 Å². The van der Waals surface area contributed by atoms with Gasteiger partial charge in [-0.3, -0.25) is 0 Å². The van der Waals surface area contributed by atoms with E-state index in [0.717, 1.165) is 6.54 Å². The van der Waals surface area contributed by atoms with Gasteiger partial charge in [0.15, 0.2) is 0 Å². The fourth-order valence-corrected chi connectivity index (χ4v) is 0.786. The van der Waals surface area contributed by atoms with Crippen LogP contribution in [0, 0.1) is 0 Å². The van der Waals surface area contributed by atoms with E-state index in [1.165, 1.54) is 5.56 Å². The smallest absolute Gasteiger partial charge is 0.0395 e. The molecule has 0 heterocycles. The lowest BCUT2D eigenvalue weighted by molar-refractivity contribution is 0.872. The van der Waals surface area contributed by atoms with Crippen molar-refractivity contribution in [3.8, 4) is 0 Å². The molecule has 0 fully saturated rings. The van der Waals surface area contributed by atoms with Crippen molar-refractivity contribution in [3.63, 3.8) is 0 Å². The molecule has 11 heavy (non-hydrogen) atoms. The molecule has 2 heteroatoms. The zero-order valence-corrected chi connectivity index (χ0v) is 7.10. The third-order valence-electron chi connectivity index (χ3n) is 1.29. The molecule has 0 unspecified atom stereocenters. The van der Waals surface area contributed by atoms with Crippen LogP contribution in [-0.4, -0.2) is 0 Å². The maximum Gasteiger partial charge on any atom is 0.0395 e. The average molecular weight is 170 g/mol. The van der Waals surface area contributed by atoms with Crippen molar-refractivity contribution in [2.45, 2.75) is 6.54 Å². The van der Waals surface area contributed by atoms with Crippen molar-refractivity contribution < 1.29 is 0 Å². The van der Waals surface area contributed by atoms with E-state index < -0.39 is 0 Å². The number of hydrogen-bond donors (Lipinski definition) is 1. The number of halogens is 1. The van der Waals surface area contributed by atoms with Crippen molar-refractivity contribution in [3.05, 3.63) is 48.7 Å². The summed E-state index contributed by atoms with van der Waals surface area (Å²) in [6.45, 7) is 4.43. The second kappa shape index (κ2) is 5.81. The Morgan fingerprint density at radius 1 is 1.27 bits per heavy atom. The molecule has 0 aliphatic heterocycles. The lowest BCUT2D eigenvalue weighted by atomic mass is 10.2. The van der Waals surface area contributed by atoms with Crippen LogP contribution in [0.1, 0.15) is 5.56 Å². The summed E-state index contributed by atoms with van der Waals surface area (Å²) in [5.74, 6) is 0. The molecule has 1 aromatic rings. The Morgan fingerprint density at radius 2 is 1.91 bits per heavy atom. The Bertz CT molecular complexity index is 196. The van der Waals surface area contributed by atoms with Crippen LogP contribution in [0.3, 0.4) is 0 Å². The standard InChI is InChI=1S/C9H11N.ClH/c1-2-10-8-9-6-4-3-5-7-9;/h2-7,10H,1,8H2;1H. The number of nitrogens with one attached hydrogen (secondary N) is 1. The Labute approximate surface area is 73.5 Å². The zero-order chi connectivity index (χ0) is 7.23. The first-order valence-corrected chi connectivity index (χ1v) is 3.31. The fourth-order valence-electron chi connectivity index (χ4n) is 0.786. The predicted molar refractivity (Wildman–Crippen MR) is 50.7 cm³/mol. The molecule has 0 radical (unpaired) electrons. The van der Waals surface area contributed by atoms with E-state index in [9.17, 15) is 0 Å². The number of benzene rings is 1. The van der Waals surface area contributed by atoms with Gasteiger partial charge in [-0.25, -0.2) is 0 Å². The fraction of sp³-hybridized carbons (Fsp3) is 0.111. The van der Waals surface area contributed by atoms with E-state index in [0.29, 0.717) is 0 Å². The first-order valence-electron chi connectivity index (χ1n) is 3.31. The maximum absolute atomic E-state index is 3.56. The molecular formula is C9H12ClN. The van der Waals surface area contributed by atoms with Gasteiger partial charge in [0.25, 0.3) is 0 Å².